The topological polar surface area (TPSA) is 35.2 Å². The maximum Gasteiger partial charge on any atom is 0.266 e. The van der Waals surface area contributed by atoms with Crippen LogP contribution in [-0.2, 0) is 4.12 Å². The molecular formula is C11H29NOSi2. The maximum atomic E-state index is 6.69. The van der Waals surface area contributed by atoms with Crippen LogP contribution in [0.15, 0.2) is 0 Å². The van der Waals surface area contributed by atoms with E-state index in [2.05, 4.69) is 61.2 Å². The average Bonchev–Trinajstić information content (AvgIpc) is 1.77. The van der Waals surface area contributed by atoms with Crippen LogP contribution in [0.2, 0.25) is 29.7 Å². The minimum atomic E-state index is -2.23. The molecule has 0 aromatic rings. The van der Waals surface area contributed by atoms with Gasteiger partial charge in [0.25, 0.3) is 8.48 Å². The fourth-order valence-electron chi connectivity index (χ4n) is 1.91. The lowest BCUT2D eigenvalue weighted by atomic mass is 10.2. The van der Waals surface area contributed by atoms with E-state index in [-0.39, 0.29) is 10.1 Å². The summed E-state index contributed by atoms with van der Waals surface area (Å²) in [6.07, 6.45) is 0. The van der Waals surface area contributed by atoms with Gasteiger partial charge >= 0.3 is 0 Å². The lowest BCUT2D eigenvalue weighted by Crippen LogP contribution is -2.66. The molecule has 0 amide bonds. The normalized spacial score (nSPS) is 15.6. The van der Waals surface area contributed by atoms with Crippen LogP contribution in [0.5, 0.6) is 0 Å². The van der Waals surface area contributed by atoms with E-state index in [0.717, 1.165) is 0 Å². The van der Waals surface area contributed by atoms with Crippen molar-refractivity contribution in [2.24, 2.45) is 5.40 Å². The summed E-state index contributed by atoms with van der Waals surface area (Å²) < 4.78 is 6.41. The molecule has 0 aromatic heterocycles. The summed E-state index contributed by atoms with van der Waals surface area (Å²) in [5, 5.41) is 6.84. The number of nitrogens with two attached hydrogens (primary N) is 1. The van der Waals surface area contributed by atoms with Gasteiger partial charge in [-0.3, -0.25) is 0 Å². The molecule has 0 aliphatic rings. The lowest BCUT2D eigenvalue weighted by Gasteiger charge is -2.50. The van der Waals surface area contributed by atoms with E-state index < -0.39 is 16.8 Å². The minimum absolute atomic E-state index is 0.0749. The van der Waals surface area contributed by atoms with Crippen molar-refractivity contribution in [3.63, 3.8) is 0 Å². The molecule has 0 spiro atoms. The summed E-state index contributed by atoms with van der Waals surface area (Å²) in [6.45, 7) is 19.9. The van der Waals surface area contributed by atoms with Gasteiger partial charge in [-0.25, -0.2) is 0 Å². The van der Waals surface area contributed by atoms with Crippen LogP contribution < -0.4 is 5.40 Å². The number of rotatable bonds is 2. The highest BCUT2D eigenvalue weighted by Gasteiger charge is 2.54. The first-order valence-corrected chi connectivity index (χ1v) is 11.1. The maximum absolute atomic E-state index is 6.69. The fraction of sp³-hybridized carbons (Fsp3) is 1.00. The summed E-state index contributed by atoms with van der Waals surface area (Å²) in [7, 11) is -3.80. The predicted octanol–water partition coefficient (Wildman–Crippen LogP) is 3.84. The van der Waals surface area contributed by atoms with Crippen LogP contribution in [0.3, 0.4) is 0 Å². The van der Waals surface area contributed by atoms with Gasteiger partial charge in [-0.05, 0) is 29.7 Å². The van der Waals surface area contributed by atoms with Gasteiger partial charge in [-0.2, -0.15) is 0 Å². The van der Waals surface area contributed by atoms with Gasteiger partial charge in [-0.15, -0.1) is 0 Å². The van der Waals surface area contributed by atoms with Gasteiger partial charge in [0, 0.05) is 0 Å². The predicted molar refractivity (Wildman–Crippen MR) is 73.8 cm³/mol. The van der Waals surface area contributed by atoms with Gasteiger partial charge in [0.1, 0.15) is 0 Å². The first kappa shape index (κ1) is 15.4. The van der Waals surface area contributed by atoms with E-state index in [1.165, 1.54) is 0 Å². The highest BCUT2D eigenvalue weighted by atomic mass is 28.4. The van der Waals surface area contributed by atoms with Crippen molar-refractivity contribution in [3.8, 4) is 0 Å². The first-order valence-electron chi connectivity index (χ1n) is 5.70. The first-order chi connectivity index (χ1) is 6.21. The molecule has 0 radical (unpaired) electrons. The van der Waals surface area contributed by atoms with Crippen molar-refractivity contribution in [3.05, 3.63) is 0 Å². The van der Waals surface area contributed by atoms with E-state index in [1.807, 2.05) is 0 Å². The minimum Gasteiger partial charge on any atom is -0.444 e. The van der Waals surface area contributed by atoms with Gasteiger partial charge in [0.2, 0.25) is 0 Å². The van der Waals surface area contributed by atoms with Crippen LogP contribution in [0.25, 0.3) is 0 Å². The third kappa shape index (κ3) is 3.69. The zero-order chi connectivity index (χ0) is 12.7. The van der Waals surface area contributed by atoms with Crippen molar-refractivity contribution in [2.75, 3.05) is 0 Å². The second kappa shape index (κ2) is 3.98. The zero-order valence-electron chi connectivity index (χ0n) is 12.0. The fourth-order valence-corrected chi connectivity index (χ4v) is 10.5. The zero-order valence-corrected chi connectivity index (χ0v) is 14.0. The van der Waals surface area contributed by atoms with Crippen LogP contribution in [0.1, 0.15) is 41.5 Å². The molecule has 2 N–H and O–H groups in total. The molecule has 0 atom stereocenters. The smallest absolute Gasteiger partial charge is 0.266 e. The molecule has 0 unspecified atom stereocenters. The van der Waals surface area contributed by atoms with Crippen LogP contribution in [0.4, 0.5) is 0 Å². The molecule has 0 aliphatic carbocycles. The van der Waals surface area contributed by atoms with E-state index in [1.54, 1.807) is 0 Å². The average molecular weight is 248 g/mol. The quantitative estimate of drug-likeness (QED) is 0.753. The summed E-state index contributed by atoms with van der Waals surface area (Å²) >= 11 is 0. The van der Waals surface area contributed by atoms with E-state index >= 15 is 0 Å². The number of hydrogen-bond donors (Lipinski definition) is 1. The van der Waals surface area contributed by atoms with Crippen molar-refractivity contribution >= 4 is 16.8 Å². The molecule has 92 valence electrons. The Balaban J connectivity index is 5.26. The SMILES string of the molecule is CC(C)(C)[Si](N)(O[Si](C)(C)C)C(C)(C)C. The number of hydrogen-bond acceptors (Lipinski definition) is 2. The molecule has 0 saturated heterocycles. The standard InChI is InChI=1S/C11H29NOSi2/c1-10(2,3)15(12,11(4,5)6)13-14(7,8)9/h12H2,1-9H3. The van der Waals surface area contributed by atoms with Gasteiger partial charge in [0.05, 0.1) is 0 Å². The Morgan fingerprint density at radius 2 is 1.07 bits per heavy atom. The Bertz CT molecular complexity index is 206. The Kier molecular flexibility index (Phi) is 4.08. The third-order valence-electron chi connectivity index (χ3n) is 2.70. The second-order valence-electron chi connectivity index (χ2n) is 7.45. The van der Waals surface area contributed by atoms with Crippen molar-refractivity contribution in [1.29, 1.82) is 0 Å². The lowest BCUT2D eigenvalue weighted by molar-refractivity contribution is 0.420. The van der Waals surface area contributed by atoms with Gasteiger partial charge < -0.3 is 9.51 Å². The van der Waals surface area contributed by atoms with Crippen LogP contribution in [0, 0.1) is 0 Å². The molecule has 2 nitrogen and oxygen atoms in total. The van der Waals surface area contributed by atoms with Crippen molar-refractivity contribution in [2.45, 2.75) is 71.3 Å². The highest BCUT2D eigenvalue weighted by molar-refractivity contribution is 6.86. The molecule has 0 heterocycles. The third-order valence-corrected chi connectivity index (χ3v) is 10.9. The van der Waals surface area contributed by atoms with Crippen molar-refractivity contribution < 1.29 is 4.12 Å². The second-order valence-corrected chi connectivity index (χ2v) is 17.0. The molecule has 0 bridgehead atoms. The molecule has 0 fully saturated rings. The molecule has 0 saturated carbocycles. The van der Waals surface area contributed by atoms with E-state index in [0.29, 0.717) is 0 Å². The molecule has 4 heteroatoms. The van der Waals surface area contributed by atoms with Crippen molar-refractivity contribution in [1.82, 2.24) is 0 Å². The van der Waals surface area contributed by atoms with Gasteiger partial charge in [0.15, 0.2) is 8.32 Å². The van der Waals surface area contributed by atoms with E-state index in [4.69, 9.17) is 9.51 Å². The molecule has 0 rings (SSSR count). The summed E-state index contributed by atoms with van der Waals surface area (Å²) in [6, 6.07) is 0. The Labute approximate surface area is 97.9 Å². The Morgan fingerprint density at radius 1 is 0.800 bits per heavy atom. The summed E-state index contributed by atoms with van der Waals surface area (Å²) in [4.78, 5) is 0. The largest absolute Gasteiger partial charge is 0.444 e. The Hall–Kier alpha value is 0.354. The molecule has 0 aliphatic heterocycles. The highest BCUT2D eigenvalue weighted by Crippen LogP contribution is 2.49. The molecule has 15 heavy (non-hydrogen) atoms. The van der Waals surface area contributed by atoms with Crippen LogP contribution in [-0.4, -0.2) is 16.8 Å². The molecular weight excluding hydrogens is 218 g/mol. The molecule has 0 aromatic carbocycles. The summed E-state index contributed by atoms with van der Waals surface area (Å²) in [5.41, 5.74) is 0. The van der Waals surface area contributed by atoms with E-state index in [9.17, 15) is 0 Å². The monoisotopic (exact) mass is 247 g/mol. The van der Waals surface area contributed by atoms with Crippen LogP contribution >= 0.6 is 0 Å². The Morgan fingerprint density at radius 3 is 1.13 bits per heavy atom. The summed E-state index contributed by atoms with van der Waals surface area (Å²) in [5.74, 6) is 0. The van der Waals surface area contributed by atoms with Gasteiger partial charge in [-0.1, -0.05) is 41.5 Å².